The van der Waals surface area contributed by atoms with Gasteiger partial charge in [-0.3, -0.25) is 4.79 Å². The van der Waals surface area contributed by atoms with E-state index >= 15 is 0 Å². The van der Waals surface area contributed by atoms with Gasteiger partial charge in [0.15, 0.2) is 0 Å². The minimum absolute atomic E-state index is 0.0317. The Morgan fingerprint density at radius 1 is 1.12 bits per heavy atom. The molecule has 0 fully saturated rings. The summed E-state index contributed by atoms with van der Waals surface area (Å²) in [6, 6.07) is 11.8. The molecule has 0 saturated heterocycles. The number of aryl methyl sites for hydroxylation is 1. The Balaban J connectivity index is 2.09. The summed E-state index contributed by atoms with van der Waals surface area (Å²) < 4.78 is 25.8. The molecule has 2 aromatic rings. The molecule has 0 aromatic heterocycles. The van der Waals surface area contributed by atoms with Crippen LogP contribution in [0.5, 0.6) is 0 Å². The van der Waals surface area contributed by atoms with Crippen LogP contribution in [0.1, 0.15) is 5.56 Å². The van der Waals surface area contributed by atoms with Crippen LogP contribution in [0.25, 0.3) is 0 Å². The number of hydrogen-bond acceptors (Lipinski definition) is 4. The zero-order valence-corrected chi connectivity index (χ0v) is 15.8. The number of nitrogens with one attached hydrogen (secondary N) is 2. The van der Waals surface area contributed by atoms with E-state index in [4.69, 9.17) is 11.6 Å². The molecule has 1 amide bonds. The van der Waals surface area contributed by atoms with Crippen molar-refractivity contribution in [1.82, 2.24) is 4.31 Å². The maximum absolute atomic E-state index is 12.3. The van der Waals surface area contributed by atoms with Gasteiger partial charge < -0.3 is 10.6 Å². The lowest BCUT2D eigenvalue weighted by atomic mass is 10.2. The Morgan fingerprint density at radius 2 is 1.84 bits per heavy atom. The smallest absolute Gasteiger partial charge is 0.243 e. The lowest BCUT2D eigenvalue weighted by Gasteiger charge is -2.15. The number of amides is 1. The number of carbonyl (C=O) groups excluding carboxylic acids is 1. The van der Waals surface area contributed by atoms with Crippen LogP contribution in [0, 0.1) is 6.92 Å². The second-order valence-corrected chi connectivity index (χ2v) is 8.24. The first kappa shape index (κ1) is 19.2. The van der Waals surface area contributed by atoms with E-state index in [1.807, 2.05) is 0 Å². The molecule has 0 spiro atoms. The molecule has 0 saturated carbocycles. The van der Waals surface area contributed by atoms with Gasteiger partial charge in [-0.25, -0.2) is 12.7 Å². The Kier molecular flexibility index (Phi) is 6.05. The summed E-state index contributed by atoms with van der Waals surface area (Å²) in [6.45, 7) is 1.74. The predicted molar refractivity (Wildman–Crippen MR) is 101 cm³/mol. The topological polar surface area (TPSA) is 78.5 Å². The molecular weight excluding hydrogens is 362 g/mol. The van der Waals surface area contributed by atoms with Crippen molar-refractivity contribution in [2.45, 2.75) is 11.8 Å². The van der Waals surface area contributed by atoms with Gasteiger partial charge in [0.2, 0.25) is 15.9 Å². The molecule has 134 valence electrons. The minimum atomic E-state index is -3.57. The summed E-state index contributed by atoms with van der Waals surface area (Å²) in [4.78, 5) is 12.2. The van der Waals surface area contributed by atoms with Crippen LogP contribution >= 0.6 is 11.6 Å². The molecule has 6 nitrogen and oxygen atoms in total. The quantitative estimate of drug-likeness (QED) is 0.806. The highest BCUT2D eigenvalue weighted by Crippen LogP contribution is 2.22. The van der Waals surface area contributed by atoms with Crippen molar-refractivity contribution < 1.29 is 13.2 Å². The van der Waals surface area contributed by atoms with Gasteiger partial charge in [0.05, 0.1) is 11.4 Å². The number of benzene rings is 2. The minimum Gasteiger partial charge on any atom is -0.376 e. The molecule has 0 aliphatic rings. The first-order valence-electron chi connectivity index (χ1n) is 7.52. The second kappa shape index (κ2) is 7.86. The van der Waals surface area contributed by atoms with E-state index < -0.39 is 10.0 Å². The molecule has 25 heavy (non-hydrogen) atoms. The van der Waals surface area contributed by atoms with E-state index in [1.54, 1.807) is 43.3 Å². The molecule has 0 radical (unpaired) electrons. The Hall–Kier alpha value is -2.09. The first-order chi connectivity index (χ1) is 11.7. The highest BCUT2D eigenvalue weighted by molar-refractivity contribution is 7.89. The third-order valence-electron chi connectivity index (χ3n) is 3.51. The normalized spacial score (nSPS) is 11.4. The molecule has 0 bridgehead atoms. The molecule has 0 heterocycles. The maximum Gasteiger partial charge on any atom is 0.243 e. The Labute approximate surface area is 152 Å². The lowest BCUT2D eigenvalue weighted by Crippen LogP contribution is -2.24. The van der Waals surface area contributed by atoms with E-state index in [0.29, 0.717) is 16.3 Å². The highest BCUT2D eigenvalue weighted by Gasteiger charge is 2.20. The summed E-state index contributed by atoms with van der Waals surface area (Å²) in [5.41, 5.74) is 1.76. The third kappa shape index (κ3) is 4.94. The molecule has 2 aromatic carbocycles. The SMILES string of the molecule is Cc1ccc(NC(=O)CNc2cccc(Cl)c2)cc1S(=O)(=O)N(C)C. The Morgan fingerprint density at radius 3 is 2.48 bits per heavy atom. The largest absolute Gasteiger partial charge is 0.376 e. The van der Waals surface area contributed by atoms with Crippen LogP contribution in [0.3, 0.4) is 0 Å². The lowest BCUT2D eigenvalue weighted by molar-refractivity contribution is -0.114. The van der Waals surface area contributed by atoms with Crippen LogP contribution in [0.15, 0.2) is 47.4 Å². The number of halogens is 1. The molecule has 0 aliphatic carbocycles. The average molecular weight is 382 g/mol. The second-order valence-electron chi connectivity index (χ2n) is 5.68. The van der Waals surface area contributed by atoms with E-state index in [0.717, 1.165) is 9.99 Å². The van der Waals surface area contributed by atoms with Crippen molar-refractivity contribution in [3.63, 3.8) is 0 Å². The van der Waals surface area contributed by atoms with Gasteiger partial charge in [0.1, 0.15) is 0 Å². The van der Waals surface area contributed by atoms with Gasteiger partial charge in [-0.1, -0.05) is 23.7 Å². The maximum atomic E-state index is 12.3. The number of nitrogens with zero attached hydrogens (tertiary/aromatic N) is 1. The Bertz CT molecular complexity index is 882. The molecule has 0 aliphatic heterocycles. The summed E-state index contributed by atoms with van der Waals surface area (Å²) in [6.07, 6.45) is 0. The van der Waals surface area contributed by atoms with Crippen LogP contribution in [0.2, 0.25) is 5.02 Å². The third-order valence-corrected chi connectivity index (χ3v) is 5.70. The first-order valence-corrected chi connectivity index (χ1v) is 9.34. The van der Waals surface area contributed by atoms with Crippen molar-refractivity contribution in [2.75, 3.05) is 31.3 Å². The number of anilines is 2. The molecule has 8 heteroatoms. The zero-order valence-electron chi connectivity index (χ0n) is 14.2. The van der Waals surface area contributed by atoms with E-state index in [1.165, 1.54) is 20.2 Å². The molecule has 2 rings (SSSR count). The summed E-state index contributed by atoms with van der Waals surface area (Å²) in [5.74, 6) is -0.294. The summed E-state index contributed by atoms with van der Waals surface area (Å²) in [7, 11) is -0.640. The van der Waals surface area contributed by atoms with Crippen molar-refractivity contribution in [3.8, 4) is 0 Å². The number of rotatable bonds is 6. The predicted octanol–water partition coefficient (Wildman–Crippen LogP) is 2.95. The fourth-order valence-corrected chi connectivity index (χ4v) is 3.47. The molecule has 0 atom stereocenters. The van der Waals surface area contributed by atoms with Gasteiger partial charge in [0, 0.05) is 30.5 Å². The van der Waals surface area contributed by atoms with Gasteiger partial charge in [0.25, 0.3) is 0 Å². The van der Waals surface area contributed by atoms with Gasteiger partial charge in [-0.2, -0.15) is 0 Å². The fourth-order valence-electron chi connectivity index (χ4n) is 2.14. The van der Waals surface area contributed by atoms with Crippen molar-refractivity contribution in [1.29, 1.82) is 0 Å². The fraction of sp³-hybridized carbons (Fsp3) is 0.235. The van der Waals surface area contributed by atoms with Crippen molar-refractivity contribution in [2.24, 2.45) is 0 Å². The van der Waals surface area contributed by atoms with Gasteiger partial charge in [-0.15, -0.1) is 0 Å². The molecule has 2 N–H and O–H groups in total. The van der Waals surface area contributed by atoms with Crippen molar-refractivity contribution in [3.05, 3.63) is 53.1 Å². The zero-order chi connectivity index (χ0) is 18.6. The van der Waals surface area contributed by atoms with Gasteiger partial charge >= 0.3 is 0 Å². The molecular formula is C17H20ClN3O3S. The van der Waals surface area contributed by atoms with Crippen LogP contribution in [0.4, 0.5) is 11.4 Å². The van der Waals surface area contributed by atoms with E-state index in [-0.39, 0.29) is 17.3 Å². The highest BCUT2D eigenvalue weighted by atomic mass is 35.5. The number of sulfonamides is 1. The van der Waals surface area contributed by atoms with E-state index in [9.17, 15) is 13.2 Å². The molecule has 0 unspecified atom stereocenters. The van der Waals surface area contributed by atoms with Crippen LogP contribution in [-0.2, 0) is 14.8 Å². The van der Waals surface area contributed by atoms with Crippen LogP contribution in [-0.4, -0.2) is 39.3 Å². The standard InChI is InChI=1S/C17H20ClN3O3S/c1-12-7-8-15(10-16(12)25(23,24)21(2)3)20-17(22)11-19-14-6-4-5-13(18)9-14/h4-10,19H,11H2,1-3H3,(H,20,22). The summed E-state index contributed by atoms with van der Waals surface area (Å²) in [5, 5.41) is 6.22. The average Bonchev–Trinajstić information content (AvgIpc) is 2.54. The van der Waals surface area contributed by atoms with Crippen LogP contribution < -0.4 is 10.6 Å². The van der Waals surface area contributed by atoms with Crippen molar-refractivity contribution >= 4 is 38.9 Å². The number of hydrogen-bond donors (Lipinski definition) is 2. The number of carbonyl (C=O) groups is 1. The monoisotopic (exact) mass is 381 g/mol. The summed E-state index contributed by atoms with van der Waals surface area (Å²) >= 11 is 5.89. The van der Waals surface area contributed by atoms with E-state index in [2.05, 4.69) is 10.6 Å². The van der Waals surface area contributed by atoms with Gasteiger partial charge in [-0.05, 0) is 42.8 Å².